The summed E-state index contributed by atoms with van der Waals surface area (Å²) in [5, 5.41) is 0. The maximum atomic E-state index is 13.9. The van der Waals surface area contributed by atoms with Crippen molar-refractivity contribution in [1.29, 1.82) is 0 Å². The van der Waals surface area contributed by atoms with E-state index in [2.05, 4.69) is 29.7 Å². The number of hydrogen-bond acceptors (Lipinski definition) is 7. The molecule has 3 N–H and O–H groups in total. The Bertz CT molecular complexity index is 1570. The van der Waals surface area contributed by atoms with Crippen LogP contribution in [0.2, 0.25) is 0 Å². The Balaban J connectivity index is -0.00000104. The van der Waals surface area contributed by atoms with Crippen molar-refractivity contribution in [2.45, 2.75) is 112 Å². The Morgan fingerprint density at radius 3 is 1.02 bits per heavy atom. The van der Waals surface area contributed by atoms with Gasteiger partial charge in [0.05, 0.1) is 23.3 Å². The number of nitrogens with one attached hydrogen (secondary N) is 1. The van der Waals surface area contributed by atoms with Gasteiger partial charge in [-0.1, -0.05) is 0 Å². The van der Waals surface area contributed by atoms with Gasteiger partial charge in [0.15, 0.2) is 0 Å². The van der Waals surface area contributed by atoms with Crippen LogP contribution in [0.3, 0.4) is 0 Å². The summed E-state index contributed by atoms with van der Waals surface area (Å²) in [5.41, 5.74) is -7.54. The largest absolute Gasteiger partial charge is 0.431 e. The molecule has 8 nitrogen and oxygen atoms in total. The zero-order chi connectivity index (χ0) is 52.9. The zero-order valence-electron chi connectivity index (χ0n) is 33.9. The molecular weight excluding hydrogens is 1040 g/mol. The third kappa shape index (κ3) is 26.6. The molecule has 396 valence electrons. The van der Waals surface area contributed by atoms with Crippen molar-refractivity contribution in [3.63, 3.8) is 0 Å². The molecule has 0 bridgehead atoms. The van der Waals surface area contributed by atoms with Gasteiger partial charge in [-0.25, -0.2) is 47.9 Å². The predicted octanol–water partition coefficient (Wildman–Crippen LogP) is 9.94. The van der Waals surface area contributed by atoms with Crippen molar-refractivity contribution in [2.75, 3.05) is 65.9 Å². The molecular formula is C30H45ClF24N4O4S2. The molecule has 0 aliphatic rings. The first-order chi connectivity index (χ1) is 28.2. The molecule has 2 unspecified atom stereocenters. The number of alkyl halides is 24. The van der Waals surface area contributed by atoms with Crippen LogP contribution in [0.5, 0.6) is 0 Å². The van der Waals surface area contributed by atoms with Crippen LogP contribution in [0, 0.1) is 11.8 Å². The molecule has 0 saturated heterocycles. The zero-order valence-corrected chi connectivity index (χ0v) is 36.3. The first kappa shape index (κ1) is 67.6. The van der Waals surface area contributed by atoms with Gasteiger partial charge in [0.1, 0.15) is 0 Å². The monoisotopic (exact) mass is 1080 g/mol. The Morgan fingerprint density at radius 2 is 0.785 bits per heavy atom. The minimum atomic E-state index is -6.86. The van der Waals surface area contributed by atoms with Gasteiger partial charge in [0.25, 0.3) is 11.3 Å². The van der Waals surface area contributed by atoms with Gasteiger partial charge in [-0.3, -0.25) is 0 Å². The lowest BCUT2D eigenvalue weighted by Crippen LogP contribution is -2.55. The van der Waals surface area contributed by atoms with Crippen molar-refractivity contribution >= 4 is 29.8 Å². The predicted molar refractivity (Wildman–Crippen MR) is 185 cm³/mol. The molecule has 0 aliphatic heterocycles. The molecule has 0 spiro atoms. The van der Waals surface area contributed by atoms with Crippen LogP contribution in [0.4, 0.5) is 105 Å². The third-order valence-electron chi connectivity index (χ3n) is 8.23. The van der Waals surface area contributed by atoms with Crippen LogP contribution < -0.4 is 10.5 Å². The highest BCUT2D eigenvalue weighted by molar-refractivity contribution is 8.13. The summed E-state index contributed by atoms with van der Waals surface area (Å²) in [5.74, 6) is -20.5. The van der Waals surface area contributed by atoms with Gasteiger partial charge in [-0.15, -0.1) is 0 Å². The fraction of sp³-hybridized carbons (Fsp3) is 1.00. The molecule has 35 heteroatoms. The van der Waals surface area contributed by atoms with E-state index >= 15 is 0 Å². The molecule has 0 aromatic rings. The van der Waals surface area contributed by atoms with Crippen molar-refractivity contribution in [3.8, 4) is 0 Å². The summed E-state index contributed by atoms with van der Waals surface area (Å²) < 4.78 is 354. The highest BCUT2D eigenvalue weighted by atomic mass is 35.7. The summed E-state index contributed by atoms with van der Waals surface area (Å²) in [6.07, 6.45) is -54.1. The van der Waals surface area contributed by atoms with Crippen molar-refractivity contribution in [2.24, 2.45) is 17.6 Å². The summed E-state index contributed by atoms with van der Waals surface area (Å²) >= 11 is 0. The van der Waals surface area contributed by atoms with Crippen LogP contribution in [0.25, 0.3) is 0 Å². The highest BCUT2D eigenvalue weighted by Gasteiger charge is 2.75. The highest BCUT2D eigenvalue weighted by Crippen LogP contribution is 2.55. The topological polar surface area (TPSA) is 113 Å². The van der Waals surface area contributed by atoms with E-state index in [0.29, 0.717) is 6.54 Å². The Morgan fingerprint density at radius 1 is 0.492 bits per heavy atom. The number of halogens is 25. The van der Waals surface area contributed by atoms with Gasteiger partial charge >= 0.3 is 37.1 Å². The lowest BCUT2D eigenvalue weighted by molar-refractivity contribution is -0.354. The molecule has 0 aliphatic carbocycles. The summed E-state index contributed by atoms with van der Waals surface area (Å²) in [6, 6.07) is 0. The maximum Gasteiger partial charge on any atom is 0.431 e. The van der Waals surface area contributed by atoms with Crippen molar-refractivity contribution < 1.29 is 122 Å². The molecule has 0 saturated carbocycles. The second kappa shape index (κ2) is 24.8. The van der Waals surface area contributed by atoms with E-state index in [1.54, 1.807) is 19.0 Å². The lowest BCUT2D eigenvalue weighted by Gasteiger charge is -2.34. The normalized spacial score (nSPS) is 15.6. The number of sulfonamides is 1. The molecule has 0 heterocycles. The first-order valence-electron chi connectivity index (χ1n) is 17.7. The molecule has 0 aromatic heterocycles. The van der Waals surface area contributed by atoms with E-state index in [1.165, 1.54) is 0 Å². The average molecular weight is 1080 g/mol. The molecule has 0 amide bonds. The fourth-order valence-corrected chi connectivity index (χ4v) is 6.59. The molecule has 65 heavy (non-hydrogen) atoms. The van der Waals surface area contributed by atoms with E-state index in [1.807, 2.05) is 4.72 Å². The van der Waals surface area contributed by atoms with Crippen LogP contribution >= 0.6 is 10.7 Å². The number of nitrogens with two attached hydrogens (primary N) is 1. The molecule has 0 aromatic carbocycles. The Labute approximate surface area is 361 Å². The van der Waals surface area contributed by atoms with Gasteiger partial charge in [-0.2, -0.15) is 79.0 Å². The van der Waals surface area contributed by atoms with E-state index in [9.17, 15) is 122 Å². The van der Waals surface area contributed by atoms with Crippen molar-refractivity contribution in [3.05, 3.63) is 0 Å². The van der Waals surface area contributed by atoms with Crippen LogP contribution in [-0.4, -0.2) is 153 Å². The van der Waals surface area contributed by atoms with Gasteiger partial charge < -0.3 is 15.5 Å². The van der Waals surface area contributed by atoms with Crippen LogP contribution in [0.1, 0.15) is 51.4 Å². The van der Waals surface area contributed by atoms with E-state index in [-0.39, 0.29) is 13.0 Å². The smallest absolute Gasteiger partial charge is 0.330 e. The number of hydrogen-bond donors (Lipinski definition) is 2. The van der Waals surface area contributed by atoms with Gasteiger partial charge in [-0.05, 0) is 60.7 Å². The third-order valence-corrected chi connectivity index (χ3v) is 10.8. The second-order valence-electron chi connectivity index (χ2n) is 14.7. The van der Waals surface area contributed by atoms with E-state index in [0.717, 1.165) is 19.5 Å². The second-order valence-corrected chi connectivity index (χ2v) is 19.5. The SMILES string of the molecule is CN(C)CCCN.CN(C)CCCNS(=O)(=O)CCC(F)(F)CC(CC(F)(C(F)(F)F)C(F)(F)F)C(F)(F)F.O=S(=O)(Cl)CCC(F)(F)CC(CC(F)(C(F)(F)F)C(F)(F)F)C(F)(F)F. The standard InChI is InChI=1S/C15H22F12N2O2S.C10H9ClF12O2S.C5H14N2/c1-29(2)6-3-5-28-32(30,31)7-4-11(16,17)8-10(13(19,20)21)9-12(18,14(22,23)24)15(25,26)27;11-26(24,25)2-1-6(12,13)3-5(8(15,16)17)4-7(14,9(18,19)20)10(21,22)23;1-7(2)5-3-4-6/h10,28H,3-9H2,1-2H3;5H,1-4H2;3-6H2,1-2H3. The lowest BCUT2D eigenvalue weighted by atomic mass is 9.86. The number of rotatable bonds is 22. The quantitative estimate of drug-likeness (QED) is 0.0631. The van der Waals surface area contributed by atoms with Gasteiger partial charge in [0.2, 0.25) is 30.9 Å². The minimum absolute atomic E-state index is 0.210. The fourth-order valence-electron chi connectivity index (χ4n) is 4.65. The van der Waals surface area contributed by atoms with Crippen LogP contribution in [-0.2, 0) is 19.1 Å². The first-order valence-corrected chi connectivity index (χ1v) is 21.8. The molecule has 0 fully saturated rings. The minimum Gasteiger partial charge on any atom is -0.330 e. The van der Waals surface area contributed by atoms with E-state index in [4.69, 9.17) is 5.73 Å². The maximum absolute atomic E-state index is 13.9. The Kier molecular flexibility index (Phi) is 25.8. The van der Waals surface area contributed by atoms with Gasteiger partial charge in [0, 0.05) is 55.8 Å². The summed E-state index contributed by atoms with van der Waals surface area (Å²) in [4.78, 5) is 3.79. The molecule has 2 atom stereocenters. The molecule has 0 rings (SSSR count). The Hall–Kier alpha value is -1.65. The number of nitrogens with zero attached hydrogens (tertiary/aromatic N) is 2. The molecule has 0 radical (unpaired) electrons. The summed E-state index contributed by atoms with van der Waals surface area (Å²) in [6.45, 7) is 2.10. The van der Waals surface area contributed by atoms with Crippen molar-refractivity contribution in [1.82, 2.24) is 14.5 Å². The van der Waals surface area contributed by atoms with E-state index < -0.39 is 141 Å². The average Bonchev–Trinajstić information content (AvgIpc) is 3.04. The summed E-state index contributed by atoms with van der Waals surface area (Å²) in [7, 11) is 2.89. The van der Waals surface area contributed by atoms with Crippen LogP contribution in [0.15, 0.2) is 0 Å².